The number of rotatable bonds is 8. The molecule has 1 aliphatic rings. The van der Waals surface area contributed by atoms with Crippen molar-refractivity contribution in [2.24, 2.45) is 0 Å². The third-order valence-corrected chi connectivity index (χ3v) is 6.47. The number of nitrogens with two attached hydrogens (primary N) is 1. The van der Waals surface area contributed by atoms with E-state index >= 15 is 0 Å². The SMILES string of the molecule is Cc1nc(N)nc(=O)n1C1OC(COC(=O)c2ccccc2)C(OC(=O)c2ccccc2)C1OC(=O)c1ccccc1. The number of hydrogen-bond acceptors (Lipinski definition) is 11. The van der Waals surface area contributed by atoms with E-state index in [-0.39, 0.29) is 28.5 Å². The van der Waals surface area contributed by atoms with Crippen molar-refractivity contribution in [2.75, 3.05) is 12.3 Å². The number of carbonyl (C=O) groups excluding carboxylic acids is 3. The number of aromatic nitrogens is 3. The number of esters is 3. The van der Waals surface area contributed by atoms with E-state index in [1.807, 2.05) is 0 Å². The number of benzene rings is 3. The molecule has 0 saturated carbocycles. The highest BCUT2D eigenvalue weighted by Gasteiger charge is 2.52. The van der Waals surface area contributed by atoms with Crippen LogP contribution in [0.25, 0.3) is 0 Å². The predicted molar refractivity (Wildman–Crippen MR) is 147 cm³/mol. The van der Waals surface area contributed by atoms with E-state index in [0.717, 1.165) is 4.57 Å². The first-order chi connectivity index (χ1) is 20.3. The van der Waals surface area contributed by atoms with Gasteiger partial charge in [0.2, 0.25) is 5.95 Å². The fourth-order valence-corrected chi connectivity index (χ4v) is 4.49. The Morgan fingerprint density at radius 2 is 1.24 bits per heavy atom. The number of anilines is 1. The van der Waals surface area contributed by atoms with Crippen molar-refractivity contribution >= 4 is 23.9 Å². The number of nitrogens with zero attached hydrogens (tertiary/aromatic N) is 3. The summed E-state index contributed by atoms with van der Waals surface area (Å²) in [6.07, 6.45) is -5.22. The normalized spacial score (nSPS) is 19.5. The average Bonchev–Trinajstić information content (AvgIpc) is 3.32. The summed E-state index contributed by atoms with van der Waals surface area (Å²) in [6, 6.07) is 24.5. The van der Waals surface area contributed by atoms with Crippen molar-refractivity contribution in [3.63, 3.8) is 0 Å². The zero-order chi connectivity index (χ0) is 29.6. The minimum absolute atomic E-state index is 0.105. The van der Waals surface area contributed by atoms with Crippen LogP contribution in [0.4, 0.5) is 5.95 Å². The highest BCUT2D eigenvalue weighted by Crippen LogP contribution is 2.35. The molecule has 1 aliphatic heterocycles. The number of ether oxygens (including phenoxy) is 4. The van der Waals surface area contributed by atoms with Gasteiger partial charge in [-0.15, -0.1) is 0 Å². The Kier molecular flexibility index (Phi) is 8.34. The molecule has 0 bridgehead atoms. The lowest BCUT2D eigenvalue weighted by Gasteiger charge is -2.25. The lowest BCUT2D eigenvalue weighted by Crippen LogP contribution is -2.43. The van der Waals surface area contributed by atoms with Crippen LogP contribution < -0.4 is 11.4 Å². The molecule has 2 N–H and O–H groups in total. The van der Waals surface area contributed by atoms with Gasteiger partial charge in [0.05, 0.1) is 16.7 Å². The van der Waals surface area contributed by atoms with Crippen LogP contribution in [0.2, 0.25) is 0 Å². The first-order valence-electron chi connectivity index (χ1n) is 12.9. The van der Waals surface area contributed by atoms with Crippen molar-refractivity contribution in [3.05, 3.63) is 124 Å². The van der Waals surface area contributed by atoms with Crippen LogP contribution in [0.1, 0.15) is 43.1 Å². The summed E-state index contributed by atoms with van der Waals surface area (Å²) in [4.78, 5) is 59.8. The quantitative estimate of drug-likeness (QED) is 0.245. The molecule has 0 aliphatic carbocycles. The Labute approximate surface area is 239 Å². The average molecular weight is 571 g/mol. The van der Waals surface area contributed by atoms with Crippen molar-refractivity contribution < 1.29 is 33.3 Å². The summed E-state index contributed by atoms with van der Waals surface area (Å²) >= 11 is 0. The standard InChI is InChI=1S/C30H26N4O8/c1-18-32-29(31)33-30(38)34(18)25-24(42-28(37)21-15-9-4-10-16-21)23(41-27(36)20-13-7-3-8-14-20)22(40-25)17-39-26(35)19-11-5-2-6-12-19/h2-16,22-25H,17H2,1H3,(H2,31,33,38). The summed E-state index contributed by atoms with van der Waals surface area (Å²) in [5, 5.41) is 0. The molecule has 4 unspecified atom stereocenters. The summed E-state index contributed by atoms with van der Waals surface area (Å²) in [5.41, 5.74) is 5.54. The largest absolute Gasteiger partial charge is 0.459 e. The van der Waals surface area contributed by atoms with E-state index in [4.69, 9.17) is 24.7 Å². The summed E-state index contributed by atoms with van der Waals surface area (Å²) in [7, 11) is 0. The first kappa shape index (κ1) is 28.2. The molecule has 0 radical (unpaired) electrons. The van der Waals surface area contributed by atoms with Crippen LogP contribution in [-0.2, 0) is 18.9 Å². The van der Waals surface area contributed by atoms with Crippen LogP contribution >= 0.6 is 0 Å². The van der Waals surface area contributed by atoms with Crippen molar-refractivity contribution in [3.8, 4) is 0 Å². The molecule has 1 fully saturated rings. The Morgan fingerprint density at radius 3 is 1.74 bits per heavy atom. The Hall–Kier alpha value is -5.36. The third-order valence-electron chi connectivity index (χ3n) is 6.47. The molecule has 12 nitrogen and oxygen atoms in total. The van der Waals surface area contributed by atoms with Gasteiger partial charge in [-0.05, 0) is 43.3 Å². The molecule has 4 atom stereocenters. The summed E-state index contributed by atoms with van der Waals surface area (Å²) in [5.74, 6) is -2.32. The molecule has 4 aromatic rings. The van der Waals surface area contributed by atoms with Crippen LogP contribution in [0.5, 0.6) is 0 Å². The fourth-order valence-electron chi connectivity index (χ4n) is 4.49. The smallest absolute Gasteiger partial charge is 0.354 e. The zero-order valence-corrected chi connectivity index (χ0v) is 22.4. The van der Waals surface area contributed by atoms with E-state index < -0.39 is 54.7 Å². The van der Waals surface area contributed by atoms with Gasteiger partial charge < -0.3 is 24.7 Å². The number of nitrogen functional groups attached to an aromatic ring is 1. The Morgan fingerprint density at radius 1 is 0.762 bits per heavy atom. The van der Waals surface area contributed by atoms with Gasteiger partial charge in [-0.2, -0.15) is 9.97 Å². The second kappa shape index (κ2) is 12.4. The molecule has 42 heavy (non-hydrogen) atoms. The molecule has 214 valence electrons. The maximum absolute atomic E-state index is 13.2. The molecule has 2 heterocycles. The van der Waals surface area contributed by atoms with Crippen LogP contribution in [0.15, 0.2) is 95.8 Å². The molecule has 0 spiro atoms. The Balaban J connectivity index is 1.52. The second-order valence-corrected chi connectivity index (χ2v) is 9.28. The molecular weight excluding hydrogens is 544 g/mol. The van der Waals surface area contributed by atoms with E-state index in [2.05, 4.69) is 9.97 Å². The molecular formula is C30H26N4O8. The maximum atomic E-state index is 13.2. The van der Waals surface area contributed by atoms with E-state index in [0.29, 0.717) is 0 Å². The monoisotopic (exact) mass is 570 g/mol. The Bertz CT molecular complexity index is 1630. The van der Waals surface area contributed by atoms with Gasteiger partial charge in [0, 0.05) is 0 Å². The topological polar surface area (TPSA) is 162 Å². The van der Waals surface area contributed by atoms with Crippen LogP contribution in [-0.4, -0.2) is 57.4 Å². The summed E-state index contributed by atoms with van der Waals surface area (Å²) in [6.45, 7) is 1.09. The number of hydrogen-bond donors (Lipinski definition) is 1. The second-order valence-electron chi connectivity index (χ2n) is 9.28. The van der Waals surface area contributed by atoms with Gasteiger partial charge in [0.1, 0.15) is 18.5 Å². The van der Waals surface area contributed by atoms with E-state index in [1.165, 1.54) is 6.92 Å². The molecule has 5 rings (SSSR count). The van der Waals surface area contributed by atoms with Gasteiger partial charge in [-0.25, -0.2) is 23.7 Å². The minimum Gasteiger partial charge on any atom is -0.459 e. The highest BCUT2D eigenvalue weighted by atomic mass is 16.7. The molecule has 3 aromatic carbocycles. The zero-order valence-electron chi connectivity index (χ0n) is 22.4. The van der Waals surface area contributed by atoms with Crippen LogP contribution in [0, 0.1) is 6.92 Å². The molecule has 12 heteroatoms. The van der Waals surface area contributed by atoms with Crippen molar-refractivity contribution in [2.45, 2.75) is 31.5 Å². The molecule has 1 aromatic heterocycles. The van der Waals surface area contributed by atoms with Crippen molar-refractivity contribution in [1.82, 2.24) is 14.5 Å². The molecule has 0 amide bonds. The van der Waals surface area contributed by atoms with Gasteiger partial charge in [-0.1, -0.05) is 54.6 Å². The maximum Gasteiger partial charge on any atom is 0.354 e. The van der Waals surface area contributed by atoms with Gasteiger partial charge in [0.15, 0.2) is 18.4 Å². The van der Waals surface area contributed by atoms with Gasteiger partial charge in [0.25, 0.3) is 0 Å². The third kappa shape index (κ3) is 6.18. The number of aryl methyl sites for hydroxylation is 1. The molecule has 1 saturated heterocycles. The lowest BCUT2D eigenvalue weighted by atomic mass is 10.1. The summed E-state index contributed by atoms with van der Waals surface area (Å²) < 4.78 is 24.4. The number of carbonyl (C=O) groups is 3. The predicted octanol–water partition coefficient (Wildman–Crippen LogP) is 2.73. The van der Waals surface area contributed by atoms with Gasteiger partial charge >= 0.3 is 23.6 Å². The first-order valence-corrected chi connectivity index (χ1v) is 12.9. The minimum atomic E-state index is -1.38. The van der Waals surface area contributed by atoms with E-state index in [1.54, 1.807) is 91.0 Å². The van der Waals surface area contributed by atoms with Gasteiger partial charge in [-0.3, -0.25) is 0 Å². The van der Waals surface area contributed by atoms with Crippen LogP contribution in [0.3, 0.4) is 0 Å². The lowest BCUT2D eigenvalue weighted by molar-refractivity contribution is -0.0652. The van der Waals surface area contributed by atoms with E-state index in [9.17, 15) is 19.2 Å². The van der Waals surface area contributed by atoms with Crippen molar-refractivity contribution in [1.29, 1.82) is 0 Å². The fraction of sp³-hybridized carbons (Fsp3) is 0.200. The highest BCUT2D eigenvalue weighted by molar-refractivity contribution is 5.91.